The third kappa shape index (κ3) is 2.66. The van der Waals surface area contributed by atoms with Gasteiger partial charge in [0.1, 0.15) is 0 Å². The average Bonchev–Trinajstić information content (AvgIpc) is 1.62. The summed E-state index contributed by atoms with van der Waals surface area (Å²) in [5.41, 5.74) is 1.15. The standard InChI is InChI=1S/C8H16Si/c1-7(2)8(3)9(4,5)6/h1,3H2,2,4-6H3. The van der Waals surface area contributed by atoms with Crippen LogP contribution in [-0.2, 0) is 0 Å². The zero-order valence-corrected chi connectivity index (χ0v) is 7.91. The molecule has 0 saturated heterocycles. The fraction of sp³-hybridized carbons (Fsp3) is 0.500. The average molecular weight is 140 g/mol. The van der Waals surface area contributed by atoms with Crippen LogP contribution >= 0.6 is 0 Å². The van der Waals surface area contributed by atoms with E-state index in [9.17, 15) is 0 Å². The molecule has 0 aliphatic carbocycles. The van der Waals surface area contributed by atoms with Crippen LogP contribution in [-0.4, -0.2) is 8.07 Å². The smallest absolute Gasteiger partial charge is 0.0771 e. The lowest BCUT2D eigenvalue weighted by atomic mass is 10.3. The van der Waals surface area contributed by atoms with Crippen LogP contribution in [0.25, 0.3) is 0 Å². The molecule has 0 rings (SSSR count). The van der Waals surface area contributed by atoms with Gasteiger partial charge >= 0.3 is 0 Å². The van der Waals surface area contributed by atoms with E-state index in [-0.39, 0.29) is 0 Å². The van der Waals surface area contributed by atoms with Gasteiger partial charge in [-0.05, 0) is 6.92 Å². The first-order chi connectivity index (χ1) is 3.85. The summed E-state index contributed by atoms with van der Waals surface area (Å²) in [6, 6.07) is 0. The maximum absolute atomic E-state index is 3.99. The Morgan fingerprint density at radius 1 is 1.11 bits per heavy atom. The highest BCUT2D eigenvalue weighted by atomic mass is 28.3. The highest BCUT2D eigenvalue weighted by Gasteiger charge is 2.16. The minimum atomic E-state index is -1.12. The van der Waals surface area contributed by atoms with Crippen molar-refractivity contribution in [2.75, 3.05) is 0 Å². The van der Waals surface area contributed by atoms with Gasteiger partial charge in [-0.25, -0.2) is 0 Å². The molecule has 0 spiro atoms. The number of hydrogen-bond acceptors (Lipinski definition) is 0. The van der Waals surface area contributed by atoms with Gasteiger partial charge in [0.2, 0.25) is 0 Å². The normalized spacial score (nSPS) is 11.1. The SMILES string of the molecule is C=C(C)C(=C)[Si](C)(C)C. The van der Waals surface area contributed by atoms with Crippen molar-refractivity contribution in [3.05, 3.63) is 23.9 Å². The van der Waals surface area contributed by atoms with Gasteiger partial charge in [0, 0.05) is 0 Å². The summed E-state index contributed by atoms with van der Waals surface area (Å²) in [5, 5.41) is 1.28. The van der Waals surface area contributed by atoms with Crippen LogP contribution in [0.2, 0.25) is 19.6 Å². The molecule has 0 aromatic heterocycles. The lowest BCUT2D eigenvalue weighted by Gasteiger charge is -2.18. The van der Waals surface area contributed by atoms with Crippen molar-refractivity contribution < 1.29 is 0 Å². The Kier molecular flexibility index (Phi) is 2.44. The van der Waals surface area contributed by atoms with E-state index in [0.29, 0.717) is 0 Å². The van der Waals surface area contributed by atoms with Crippen LogP contribution in [0.3, 0.4) is 0 Å². The Bertz CT molecular complexity index is 137. The van der Waals surface area contributed by atoms with E-state index in [1.54, 1.807) is 0 Å². The van der Waals surface area contributed by atoms with E-state index in [1.807, 2.05) is 6.92 Å². The van der Waals surface area contributed by atoms with Crippen LogP contribution < -0.4 is 0 Å². The van der Waals surface area contributed by atoms with Crippen molar-refractivity contribution in [3.8, 4) is 0 Å². The Hall–Kier alpha value is -0.303. The summed E-state index contributed by atoms with van der Waals surface area (Å²) < 4.78 is 0. The first kappa shape index (κ1) is 8.70. The second kappa shape index (κ2) is 2.52. The molecule has 0 fully saturated rings. The molecule has 1 heteroatoms. The predicted octanol–water partition coefficient (Wildman–Crippen LogP) is 3.00. The van der Waals surface area contributed by atoms with Gasteiger partial charge in [0.15, 0.2) is 0 Å². The van der Waals surface area contributed by atoms with Gasteiger partial charge in [-0.2, -0.15) is 0 Å². The fourth-order valence-electron chi connectivity index (χ4n) is 0.640. The molecule has 0 aromatic carbocycles. The molecule has 0 saturated carbocycles. The second-order valence-electron chi connectivity index (χ2n) is 3.51. The van der Waals surface area contributed by atoms with Crippen LogP contribution in [0.1, 0.15) is 6.92 Å². The molecule has 0 aromatic rings. The van der Waals surface area contributed by atoms with Gasteiger partial charge < -0.3 is 0 Å². The molecule has 0 N–H and O–H groups in total. The van der Waals surface area contributed by atoms with E-state index in [1.165, 1.54) is 5.20 Å². The Morgan fingerprint density at radius 3 is 1.44 bits per heavy atom. The summed E-state index contributed by atoms with van der Waals surface area (Å²) in [6.07, 6.45) is 0. The number of rotatable bonds is 2. The highest BCUT2D eigenvalue weighted by molar-refractivity contribution is 6.83. The molecule has 9 heavy (non-hydrogen) atoms. The van der Waals surface area contributed by atoms with Crippen molar-refractivity contribution in [1.29, 1.82) is 0 Å². The molecule has 0 nitrogen and oxygen atoms in total. The number of hydrogen-bond donors (Lipinski definition) is 0. The fourth-order valence-corrected chi connectivity index (χ4v) is 1.92. The second-order valence-corrected chi connectivity index (χ2v) is 8.61. The van der Waals surface area contributed by atoms with Gasteiger partial charge in [0.05, 0.1) is 8.07 Å². The zero-order valence-electron chi connectivity index (χ0n) is 6.91. The van der Waals surface area contributed by atoms with Crippen LogP contribution in [0, 0.1) is 0 Å². The van der Waals surface area contributed by atoms with E-state index in [2.05, 4.69) is 32.8 Å². The highest BCUT2D eigenvalue weighted by Crippen LogP contribution is 2.18. The minimum absolute atomic E-state index is 1.12. The third-order valence-electron chi connectivity index (χ3n) is 1.42. The lowest BCUT2D eigenvalue weighted by Crippen LogP contribution is -2.23. The quantitative estimate of drug-likeness (QED) is 0.408. The van der Waals surface area contributed by atoms with E-state index >= 15 is 0 Å². The summed E-state index contributed by atoms with van der Waals surface area (Å²) in [6.45, 7) is 16.7. The van der Waals surface area contributed by atoms with Gasteiger partial charge in [-0.1, -0.05) is 43.6 Å². The maximum atomic E-state index is 3.99. The topological polar surface area (TPSA) is 0 Å². The molecule has 0 bridgehead atoms. The first-order valence-electron chi connectivity index (χ1n) is 3.21. The van der Waals surface area contributed by atoms with Crippen molar-refractivity contribution in [1.82, 2.24) is 0 Å². The molecule has 0 amide bonds. The molecule has 0 aliphatic rings. The van der Waals surface area contributed by atoms with Crippen LogP contribution in [0.15, 0.2) is 23.9 Å². The summed E-state index contributed by atoms with van der Waals surface area (Å²) in [5.74, 6) is 0. The van der Waals surface area contributed by atoms with E-state index < -0.39 is 8.07 Å². The van der Waals surface area contributed by atoms with Crippen molar-refractivity contribution in [2.45, 2.75) is 26.6 Å². The third-order valence-corrected chi connectivity index (χ3v) is 3.66. The van der Waals surface area contributed by atoms with Crippen molar-refractivity contribution in [2.24, 2.45) is 0 Å². The lowest BCUT2D eigenvalue weighted by molar-refractivity contribution is 1.48. The van der Waals surface area contributed by atoms with Gasteiger partial charge in [-0.3, -0.25) is 0 Å². The molecular weight excluding hydrogens is 124 g/mol. The largest absolute Gasteiger partial charge is 0.0996 e. The Labute approximate surface area is 59.3 Å². The molecular formula is C8H16Si. The Morgan fingerprint density at radius 2 is 1.44 bits per heavy atom. The molecule has 0 heterocycles. The summed E-state index contributed by atoms with van der Waals surface area (Å²) >= 11 is 0. The molecule has 52 valence electrons. The summed E-state index contributed by atoms with van der Waals surface area (Å²) in [7, 11) is -1.12. The van der Waals surface area contributed by atoms with Gasteiger partial charge in [0.25, 0.3) is 0 Å². The van der Waals surface area contributed by atoms with E-state index in [0.717, 1.165) is 5.57 Å². The number of allylic oxidation sites excluding steroid dienone is 2. The van der Waals surface area contributed by atoms with Gasteiger partial charge in [-0.15, -0.1) is 0 Å². The molecule has 0 atom stereocenters. The first-order valence-corrected chi connectivity index (χ1v) is 6.71. The monoisotopic (exact) mass is 140 g/mol. The Balaban J connectivity index is 4.23. The van der Waals surface area contributed by atoms with Crippen LogP contribution in [0.4, 0.5) is 0 Å². The molecule has 0 radical (unpaired) electrons. The minimum Gasteiger partial charge on any atom is -0.0996 e. The summed E-state index contributed by atoms with van der Waals surface area (Å²) in [4.78, 5) is 0. The van der Waals surface area contributed by atoms with Crippen LogP contribution in [0.5, 0.6) is 0 Å². The van der Waals surface area contributed by atoms with Crippen molar-refractivity contribution in [3.63, 3.8) is 0 Å². The zero-order chi connectivity index (χ0) is 7.65. The van der Waals surface area contributed by atoms with Crippen molar-refractivity contribution >= 4 is 8.07 Å². The molecule has 0 unspecified atom stereocenters. The van der Waals surface area contributed by atoms with E-state index in [4.69, 9.17) is 0 Å². The predicted molar refractivity (Wildman–Crippen MR) is 47.3 cm³/mol. The molecule has 0 aliphatic heterocycles. The maximum Gasteiger partial charge on any atom is 0.0771 e.